The summed E-state index contributed by atoms with van der Waals surface area (Å²) in [5, 5.41) is 6.27. The Morgan fingerprint density at radius 2 is 2.00 bits per heavy atom. The van der Waals surface area contributed by atoms with E-state index >= 15 is 0 Å². The van der Waals surface area contributed by atoms with E-state index in [0.29, 0.717) is 31.1 Å². The molecule has 3 rings (SSSR count). The van der Waals surface area contributed by atoms with Crippen molar-refractivity contribution in [3.8, 4) is 0 Å². The smallest absolute Gasteiger partial charge is 0.251 e. The van der Waals surface area contributed by atoms with Gasteiger partial charge in [-0.3, -0.25) is 4.79 Å². The van der Waals surface area contributed by atoms with Gasteiger partial charge in [-0.1, -0.05) is 12.5 Å². The zero-order valence-corrected chi connectivity index (χ0v) is 17.5. The summed E-state index contributed by atoms with van der Waals surface area (Å²) in [4.78, 5) is 12.8. The number of benzene rings is 1. The zero-order chi connectivity index (χ0) is 18.6. The number of nitrogens with one attached hydrogen (secondary N) is 2. The van der Waals surface area contributed by atoms with Gasteiger partial charge in [0.05, 0.1) is 4.90 Å². The average Bonchev–Trinajstić information content (AvgIpc) is 3.16. The Morgan fingerprint density at radius 3 is 2.67 bits per heavy atom. The van der Waals surface area contributed by atoms with Gasteiger partial charge in [-0.15, -0.1) is 12.4 Å². The van der Waals surface area contributed by atoms with E-state index in [4.69, 9.17) is 0 Å². The third-order valence-corrected chi connectivity index (χ3v) is 7.30. The molecule has 1 aromatic carbocycles. The molecular weight excluding hydrogens is 386 g/mol. The maximum atomic E-state index is 12.8. The second-order valence-electron chi connectivity index (χ2n) is 7.34. The molecule has 0 spiro atoms. The van der Waals surface area contributed by atoms with Crippen LogP contribution in [-0.2, 0) is 10.0 Å². The molecule has 2 heterocycles. The molecule has 8 heteroatoms. The quantitative estimate of drug-likeness (QED) is 0.747. The lowest BCUT2D eigenvalue weighted by atomic mass is 10.0. The van der Waals surface area contributed by atoms with Gasteiger partial charge in [-0.05, 0) is 69.3 Å². The second kappa shape index (κ2) is 9.87. The van der Waals surface area contributed by atoms with E-state index in [1.54, 1.807) is 12.1 Å². The first-order valence-corrected chi connectivity index (χ1v) is 11.0. The van der Waals surface area contributed by atoms with Crippen molar-refractivity contribution in [2.24, 2.45) is 5.92 Å². The first-order chi connectivity index (χ1) is 12.5. The highest BCUT2D eigenvalue weighted by molar-refractivity contribution is 7.89. The minimum Gasteiger partial charge on any atom is -0.352 e. The Hall–Kier alpha value is -1.15. The third kappa shape index (κ3) is 5.44. The maximum Gasteiger partial charge on any atom is 0.251 e. The summed E-state index contributed by atoms with van der Waals surface area (Å²) < 4.78 is 27.2. The molecule has 0 aromatic heterocycles. The predicted octanol–water partition coefficient (Wildman–Crippen LogP) is 2.32. The molecule has 0 aliphatic carbocycles. The van der Waals surface area contributed by atoms with Gasteiger partial charge in [0.15, 0.2) is 0 Å². The third-order valence-electron chi connectivity index (χ3n) is 5.41. The summed E-state index contributed by atoms with van der Waals surface area (Å²) in [5.41, 5.74) is 1.25. The van der Waals surface area contributed by atoms with E-state index in [2.05, 4.69) is 10.6 Å². The van der Waals surface area contributed by atoms with Gasteiger partial charge in [-0.2, -0.15) is 4.31 Å². The Labute approximate surface area is 168 Å². The molecule has 1 unspecified atom stereocenters. The number of nitrogens with zero attached hydrogens (tertiary/aromatic N) is 1. The normalized spacial score (nSPS) is 20.9. The Kier molecular flexibility index (Phi) is 8.09. The van der Waals surface area contributed by atoms with Crippen LogP contribution in [0.5, 0.6) is 0 Å². The zero-order valence-electron chi connectivity index (χ0n) is 15.9. The lowest BCUT2D eigenvalue weighted by molar-refractivity contribution is 0.0951. The highest BCUT2D eigenvalue weighted by atomic mass is 35.5. The highest BCUT2D eigenvalue weighted by Crippen LogP contribution is 2.23. The molecule has 6 nitrogen and oxygen atoms in total. The number of aryl methyl sites for hydroxylation is 1. The predicted molar refractivity (Wildman–Crippen MR) is 109 cm³/mol. The van der Waals surface area contributed by atoms with E-state index in [-0.39, 0.29) is 23.2 Å². The molecule has 2 N–H and O–H groups in total. The summed E-state index contributed by atoms with van der Waals surface area (Å²) in [6.45, 7) is 5.65. The molecule has 1 amide bonds. The van der Waals surface area contributed by atoms with E-state index in [1.807, 2.05) is 6.92 Å². The Morgan fingerprint density at radius 1 is 1.26 bits per heavy atom. The molecule has 1 atom stereocenters. The fourth-order valence-corrected chi connectivity index (χ4v) is 5.25. The average molecular weight is 416 g/mol. The molecular formula is C19H30ClN3O3S. The van der Waals surface area contributed by atoms with Crippen LogP contribution in [0.3, 0.4) is 0 Å². The molecule has 2 saturated heterocycles. The standard InChI is InChI=1S/C19H29N3O3S.ClH/c1-15-5-6-17(26(24,25)22-11-3-2-4-12-22)13-18(15)19(23)21-10-8-16-7-9-20-14-16;/h5-6,13,16,20H,2-4,7-12,14H2,1H3,(H,21,23);1H. The van der Waals surface area contributed by atoms with Crippen LogP contribution in [0.1, 0.15) is 48.0 Å². The van der Waals surface area contributed by atoms with Gasteiger partial charge in [0.2, 0.25) is 10.0 Å². The summed E-state index contributed by atoms with van der Waals surface area (Å²) in [6, 6.07) is 4.87. The number of hydrogen-bond acceptors (Lipinski definition) is 4. The highest BCUT2D eigenvalue weighted by Gasteiger charge is 2.27. The van der Waals surface area contributed by atoms with E-state index in [1.165, 1.54) is 10.4 Å². The SMILES string of the molecule is Cc1ccc(S(=O)(=O)N2CCCCC2)cc1C(=O)NCCC1CCNC1.Cl. The number of rotatable bonds is 6. The largest absolute Gasteiger partial charge is 0.352 e. The van der Waals surface area contributed by atoms with Crippen LogP contribution >= 0.6 is 12.4 Å². The first kappa shape index (κ1) is 22.1. The van der Waals surface area contributed by atoms with Gasteiger partial charge in [0.25, 0.3) is 5.91 Å². The number of sulfonamides is 1. The van der Waals surface area contributed by atoms with Gasteiger partial charge in [0.1, 0.15) is 0 Å². The number of piperidine rings is 1. The van der Waals surface area contributed by atoms with Crippen molar-refractivity contribution in [3.63, 3.8) is 0 Å². The van der Waals surface area contributed by atoms with Crippen molar-refractivity contribution in [2.45, 2.75) is 43.9 Å². The number of carbonyl (C=O) groups excluding carboxylic acids is 1. The molecule has 0 saturated carbocycles. The van der Waals surface area contributed by atoms with Gasteiger partial charge >= 0.3 is 0 Å². The molecule has 0 radical (unpaired) electrons. The van der Waals surface area contributed by atoms with Crippen LogP contribution in [0, 0.1) is 12.8 Å². The van der Waals surface area contributed by atoms with Crippen LogP contribution < -0.4 is 10.6 Å². The number of amides is 1. The molecule has 0 bridgehead atoms. The minimum absolute atomic E-state index is 0. The Balaban J connectivity index is 0.00000261. The summed E-state index contributed by atoms with van der Waals surface area (Å²) in [7, 11) is -3.52. The van der Waals surface area contributed by atoms with Crippen LogP contribution in [0.2, 0.25) is 0 Å². The monoisotopic (exact) mass is 415 g/mol. The lowest BCUT2D eigenvalue weighted by Crippen LogP contribution is -2.35. The van der Waals surface area contributed by atoms with Crippen LogP contribution in [-0.4, -0.2) is 51.4 Å². The number of hydrogen-bond donors (Lipinski definition) is 2. The minimum atomic E-state index is -3.52. The fraction of sp³-hybridized carbons (Fsp3) is 0.632. The molecule has 152 valence electrons. The van der Waals surface area contributed by atoms with E-state index < -0.39 is 10.0 Å². The van der Waals surface area contributed by atoms with Crippen molar-refractivity contribution < 1.29 is 13.2 Å². The van der Waals surface area contributed by atoms with Crippen molar-refractivity contribution in [2.75, 3.05) is 32.7 Å². The van der Waals surface area contributed by atoms with Crippen LogP contribution in [0.15, 0.2) is 23.1 Å². The van der Waals surface area contributed by atoms with Gasteiger partial charge in [0, 0.05) is 25.2 Å². The van der Waals surface area contributed by atoms with Gasteiger partial charge in [-0.25, -0.2) is 8.42 Å². The summed E-state index contributed by atoms with van der Waals surface area (Å²) >= 11 is 0. The van der Waals surface area contributed by atoms with E-state index in [9.17, 15) is 13.2 Å². The fourth-order valence-electron chi connectivity index (χ4n) is 3.71. The lowest BCUT2D eigenvalue weighted by Gasteiger charge is -2.26. The van der Waals surface area contributed by atoms with Crippen molar-refractivity contribution in [1.82, 2.24) is 14.9 Å². The van der Waals surface area contributed by atoms with Crippen LogP contribution in [0.4, 0.5) is 0 Å². The van der Waals surface area contributed by atoms with Crippen molar-refractivity contribution in [1.29, 1.82) is 0 Å². The summed E-state index contributed by atoms with van der Waals surface area (Å²) in [5.74, 6) is 0.423. The molecule has 2 aliphatic rings. The van der Waals surface area contributed by atoms with Crippen LogP contribution in [0.25, 0.3) is 0 Å². The topological polar surface area (TPSA) is 78.5 Å². The molecule has 27 heavy (non-hydrogen) atoms. The summed E-state index contributed by atoms with van der Waals surface area (Å²) in [6.07, 6.45) is 4.97. The molecule has 1 aromatic rings. The molecule has 2 fully saturated rings. The van der Waals surface area contributed by atoms with Crippen molar-refractivity contribution >= 4 is 28.3 Å². The maximum absolute atomic E-state index is 12.8. The number of carbonyl (C=O) groups is 1. The second-order valence-corrected chi connectivity index (χ2v) is 9.28. The number of halogens is 1. The van der Waals surface area contributed by atoms with E-state index in [0.717, 1.165) is 50.8 Å². The Bertz CT molecular complexity index is 743. The first-order valence-electron chi connectivity index (χ1n) is 9.58. The van der Waals surface area contributed by atoms with Gasteiger partial charge < -0.3 is 10.6 Å². The molecule has 2 aliphatic heterocycles. The van der Waals surface area contributed by atoms with Crippen molar-refractivity contribution in [3.05, 3.63) is 29.3 Å².